The van der Waals surface area contributed by atoms with E-state index in [0.29, 0.717) is 5.92 Å². The SMILES string of the molecule is CC1(N2C(=O)C2(C)C)CCC(C(C)(C)N2C(=O)C2(C)C)CC1. The minimum Gasteiger partial charge on any atom is -0.321 e. The second-order valence-corrected chi connectivity index (χ2v) is 9.32. The second-order valence-electron chi connectivity index (χ2n) is 9.32. The first kappa shape index (κ1) is 15.8. The van der Waals surface area contributed by atoms with Crippen molar-refractivity contribution in [1.29, 1.82) is 0 Å². The number of amides is 2. The van der Waals surface area contributed by atoms with Crippen molar-refractivity contribution in [2.45, 2.75) is 96.3 Å². The molecule has 0 radical (unpaired) electrons. The van der Waals surface area contributed by atoms with Gasteiger partial charge in [-0.25, -0.2) is 0 Å². The van der Waals surface area contributed by atoms with E-state index in [1.54, 1.807) is 0 Å². The summed E-state index contributed by atoms with van der Waals surface area (Å²) in [5.41, 5.74) is -0.636. The van der Waals surface area contributed by atoms with Crippen LogP contribution in [-0.4, -0.2) is 43.8 Å². The minimum absolute atomic E-state index is 0.00553. The van der Waals surface area contributed by atoms with Gasteiger partial charge in [0, 0.05) is 11.1 Å². The van der Waals surface area contributed by atoms with Gasteiger partial charge < -0.3 is 9.80 Å². The molecule has 0 aromatic carbocycles. The van der Waals surface area contributed by atoms with Crippen molar-refractivity contribution in [3.05, 3.63) is 0 Å². The van der Waals surface area contributed by atoms with Crippen molar-refractivity contribution in [2.24, 2.45) is 5.92 Å². The normalized spacial score (nSPS) is 36.6. The van der Waals surface area contributed by atoms with Crippen LogP contribution in [0.25, 0.3) is 0 Å². The monoisotopic (exact) mass is 306 g/mol. The molecule has 1 aliphatic carbocycles. The summed E-state index contributed by atoms with van der Waals surface area (Å²) in [6.45, 7) is 14.7. The van der Waals surface area contributed by atoms with E-state index in [1.165, 1.54) is 0 Å². The fourth-order valence-corrected chi connectivity index (χ4v) is 5.03. The van der Waals surface area contributed by atoms with Crippen LogP contribution in [0, 0.1) is 5.92 Å². The van der Waals surface area contributed by atoms with Gasteiger partial charge in [0.2, 0.25) is 11.8 Å². The molecule has 3 rings (SSSR count). The highest BCUT2D eigenvalue weighted by Crippen LogP contribution is 2.52. The summed E-state index contributed by atoms with van der Waals surface area (Å²) >= 11 is 0. The van der Waals surface area contributed by atoms with Gasteiger partial charge in [-0.15, -0.1) is 0 Å². The fourth-order valence-electron chi connectivity index (χ4n) is 5.03. The molecule has 2 amide bonds. The molecule has 4 nitrogen and oxygen atoms in total. The van der Waals surface area contributed by atoms with Crippen LogP contribution in [0.5, 0.6) is 0 Å². The predicted octanol–water partition coefficient (Wildman–Crippen LogP) is 2.96. The van der Waals surface area contributed by atoms with Crippen LogP contribution in [0.3, 0.4) is 0 Å². The van der Waals surface area contributed by atoms with E-state index in [9.17, 15) is 9.59 Å². The molecule has 2 heterocycles. The third kappa shape index (κ3) is 1.88. The lowest BCUT2D eigenvalue weighted by atomic mass is 9.70. The lowest BCUT2D eigenvalue weighted by molar-refractivity contribution is -0.116. The molecule has 0 aromatic rings. The number of hydrogen-bond acceptors (Lipinski definition) is 2. The van der Waals surface area contributed by atoms with Gasteiger partial charge in [-0.3, -0.25) is 9.59 Å². The summed E-state index contributed by atoms with van der Waals surface area (Å²) in [6, 6.07) is 0. The Morgan fingerprint density at radius 1 is 0.909 bits per heavy atom. The van der Waals surface area contributed by atoms with Crippen molar-refractivity contribution in [2.75, 3.05) is 0 Å². The molecule has 2 aliphatic heterocycles. The predicted molar refractivity (Wildman–Crippen MR) is 86.3 cm³/mol. The highest BCUT2D eigenvalue weighted by atomic mass is 16.2. The van der Waals surface area contributed by atoms with Crippen LogP contribution in [0.2, 0.25) is 0 Å². The number of carbonyl (C=O) groups is 2. The zero-order valence-corrected chi connectivity index (χ0v) is 15.1. The van der Waals surface area contributed by atoms with Gasteiger partial charge in [0.1, 0.15) is 11.1 Å². The van der Waals surface area contributed by atoms with Gasteiger partial charge in [0.25, 0.3) is 0 Å². The maximum atomic E-state index is 12.1. The number of rotatable bonds is 3. The minimum atomic E-state index is -0.289. The van der Waals surface area contributed by atoms with Crippen LogP contribution in [0.1, 0.15) is 74.1 Å². The number of nitrogens with zero attached hydrogens (tertiary/aromatic N) is 2. The molecule has 0 aromatic heterocycles. The molecular weight excluding hydrogens is 276 g/mol. The lowest BCUT2D eigenvalue weighted by Gasteiger charge is -2.45. The summed E-state index contributed by atoms with van der Waals surface area (Å²) in [5, 5.41) is 0. The number of carbonyl (C=O) groups excluding carboxylic acids is 2. The Kier molecular flexibility index (Phi) is 2.92. The van der Waals surface area contributed by atoms with Crippen LogP contribution in [-0.2, 0) is 9.59 Å². The van der Waals surface area contributed by atoms with Gasteiger partial charge >= 0.3 is 0 Å². The van der Waals surface area contributed by atoms with Gasteiger partial charge in [0.05, 0.1) is 0 Å². The van der Waals surface area contributed by atoms with Gasteiger partial charge in [-0.05, 0) is 80.1 Å². The Morgan fingerprint density at radius 2 is 1.32 bits per heavy atom. The Labute approximate surface area is 134 Å². The molecule has 0 unspecified atom stereocenters. The maximum Gasteiger partial charge on any atom is 0.249 e. The van der Waals surface area contributed by atoms with Gasteiger partial charge in [0.15, 0.2) is 0 Å². The molecule has 3 fully saturated rings. The van der Waals surface area contributed by atoms with Crippen LogP contribution < -0.4 is 0 Å². The Morgan fingerprint density at radius 3 is 1.64 bits per heavy atom. The smallest absolute Gasteiger partial charge is 0.249 e. The van der Waals surface area contributed by atoms with Crippen LogP contribution in [0.15, 0.2) is 0 Å². The molecule has 3 aliphatic rings. The summed E-state index contributed by atoms with van der Waals surface area (Å²) < 4.78 is 0. The highest BCUT2D eigenvalue weighted by Gasteiger charge is 2.65. The first-order valence-electron chi connectivity index (χ1n) is 8.56. The number of hydrogen-bond donors (Lipinski definition) is 0. The zero-order valence-electron chi connectivity index (χ0n) is 15.1. The summed E-state index contributed by atoms with van der Waals surface area (Å²) in [6.07, 6.45) is 4.25. The van der Waals surface area contributed by atoms with Crippen LogP contribution >= 0.6 is 0 Å². The van der Waals surface area contributed by atoms with Crippen LogP contribution in [0.4, 0.5) is 0 Å². The zero-order chi connectivity index (χ0) is 16.7. The fraction of sp³-hybridized carbons (Fsp3) is 0.889. The van der Waals surface area contributed by atoms with E-state index in [2.05, 4.69) is 30.6 Å². The molecule has 124 valence electrons. The maximum absolute atomic E-state index is 12.1. The van der Waals surface area contributed by atoms with E-state index < -0.39 is 0 Å². The first-order valence-corrected chi connectivity index (χ1v) is 8.56. The van der Waals surface area contributed by atoms with Crippen molar-refractivity contribution >= 4 is 11.8 Å². The van der Waals surface area contributed by atoms with Crippen molar-refractivity contribution < 1.29 is 9.59 Å². The van der Waals surface area contributed by atoms with E-state index in [4.69, 9.17) is 0 Å². The molecular formula is C18H30N2O2. The average molecular weight is 306 g/mol. The molecule has 2 saturated heterocycles. The lowest BCUT2D eigenvalue weighted by Crippen LogP contribution is -2.48. The second kappa shape index (κ2) is 4.07. The Hall–Kier alpha value is -1.06. The van der Waals surface area contributed by atoms with E-state index in [0.717, 1.165) is 25.7 Å². The quantitative estimate of drug-likeness (QED) is 0.752. The van der Waals surface area contributed by atoms with Gasteiger partial charge in [-0.2, -0.15) is 0 Å². The standard InChI is InChI=1S/C18H30N2O2/c1-15(2,19-13(21)16(19,3)4)12-8-10-18(7,11-9-12)20-14(22)17(20,5)6/h12H,8-11H2,1-7H3. The van der Waals surface area contributed by atoms with Crippen molar-refractivity contribution in [3.63, 3.8) is 0 Å². The topological polar surface area (TPSA) is 40.2 Å². The van der Waals surface area contributed by atoms with Crippen molar-refractivity contribution in [3.8, 4) is 0 Å². The third-order valence-electron chi connectivity index (χ3n) is 6.65. The molecule has 0 atom stereocenters. The summed E-state index contributed by atoms with van der Waals surface area (Å²) in [7, 11) is 0. The van der Waals surface area contributed by atoms with Crippen molar-refractivity contribution in [1.82, 2.24) is 9.80 Å². The highest BCUT2D eigenvalue weighted by molar-refractivity contribution is 6.02. The summed E-state index contributed by atoms with van der Waals surface area (Å²) in [5.74, 6) is 1.08. The molecule has 1 saturated carbocycles. The van der Waals surface area contributed by atoms with Gasteiger partial charge in [-0.1, -0.05) is 0 Å². The molecule has 0 bridgehead atoms. The summed E-state index contributed by atoms with van der Waals surface area (Å²) in [4.78, 5) is 28.3. The average Bonchev–Trinajstić information content (AvgIpc) is 3.09. The Balaban J connectivity index is 1.68. The van der Waals surface area contributed by atoms with E-state index >= 15 is 0 Å². The largest absolute Gasteiger partial charge is 0.321 e. The molecule has 22 heavy (non-hydrogen) atoms. The molecule has 0 N–H and O–H groups in total. The molecule has 4 heteroatoms. The van der Waals surface area contributed by atoms with E-state index in [-0.39, 0.29) is 34.0 Å². The third-order valence-corrected chi connectivity index (χ3v) is 6.65. The van der Waals surface area contributed by atoms with E-state index in [1.807, 2.05) is 27.7 Å². The molecule has 0 spiro atoms. The Bertz CT molecular complexity index is 539. The first-order chi connectivity index (χ1) is 9.87.